The first-order valence-electron chi connectivity index (χ1n) is 8.33. The van der Waals surface area contributed by atoms with Crippen LogP contribution < -0.4 is 0 Å². The van der Waals surface area contributed by atoms with Gasteiger partial charge in [0, 0.05) is 19.3 Å². The molecule has 0 radical (unpaired) electrons. The second-order valence-electron chi connectivity index (χ2n) is 7.59. The molecule has 0 amide bonds. The highest BCUT2D eigenvalue weighted by molar-refractivity contribution is 7.90. The van der Waals surface area contributed by atoms with Gasteiger partial charge in [-0.1, -0.05) is 26.0 Å². The standard InChI is InChI=1S/C18H29NO3S/c1-14(2)11-15-9-10-19(12-15)13-18(3,20)16-5-7-17(8-6-16)23(4,21)22/h5-8,14-15,20H,9-13H2,1-4H3. The van der Waals surface area contributed by atoms with Crippen LogP contribution in [0.2, 0.25) is 0 Å². The Hall–Kier alpha value is -0.910. The SMILES string of the molecule is CC(C)CC1CCN(CC(C)(O)c2ccc(S(C)(=O)=O)cc2)C1. The minimum absolute atomic E-state index is 0.287. The van der Waals surface area contributed by atoms with Gasteiger partial charge in [-0.15, -0.1) is 0 Å². The van der Waals surface area contributed by atoms with E-state index in [4.69, 9.17) is 0 Å². The van der Waals surface area contributed by atoms with Crippen LogP contribution in [0.4, 0.5) is 0 Å². The molecule has 2 unspecified atom stereocenters. The Morgan fingerprint density at radius 3 is 2.43 bits per heavy atom. The van der Waals surface area contributed by atoms with Crippen LogP contribution in [0.5, 0.6) is 0 Å². The Bertz CT molecular complexity index is 620. The first-order chi connectivity index (χ1) is 10.6. The first kappa shape index (κ1) is 18.4. The number of likely N-dealkylation sites (tertiary alicyclic amines) is 1. The molecule has 1 N–H and O–H groups in total. The largest absolute Gasteiger partial charge is 0.384 e. The number of β-amino-alcohol motifs (C(OH)–C–C–N with tert-alkyl or cyclic N) is 1. The van der Waals surface area contributed by atoms with E-state index in [1.54, 1.807) is 31.2 Å². The van der Waals surface area contributed by atoms with Gasteiger partial charge in [-0.2, -0.15) is 0 Å². The summed E-state index contributed by atoms with van der Waals surface area (Å²) in [5.74, 6) is 1.43. The van der Waals surface area contributed by atoms with E-state index in [2.05, 4.69) is 18.7 Å². The first-order valence-corrected chi connectivity index (χ1v) is 10.2. The normalized spacial score (nSPS) is 22.4. The van der Waals surface area contributed by atoms with Crippen molar-refractivity contribution in [3.8, 4) is 0 Å². The fourth-order valence-corrected chi connectivity index (χ4v) is 4.13. The maximum Gasteiger partial charge on any atom is 0.175 e. The lowest BCUT2D eigenvalue weighted by molar-refractivity contribution is 0.0215. The molecule has 0 bridgehead atoms. The third-order valence-electron chi connectivity index (χ3n) is 4.61. The minimum Gasteiger partial charge on any atom is -0.384 e. The van der Waals surface area contributed by atoms with Crippen LogP contribution in [0.15, 0.2) is 29.2 Å². The average Bonchev–Trinajstić information content (AvgIpc) is 2.83. The number of rotatable bonds is 6. The van der Waals surface area contributed by atoms with Crippen molar-refractivity contribution in [3.63, 3.8) is 0 Å². The highest BCUT2D eigenvalue weighted by atomic mass is 32.2. The van der Waals surface area contributed by atoms with E-state index in [9.17, 15) is 13.5 Å². The molecule has 0 aliphatic carbocycles. The number of nitrogens with zero attached hydrogens (tertiary/aromatic N) is 1. The summed E-state index contributed by atoms with van der Waals surface area (Å²) in [4.78, 5) is 2.60. The average molecular weight is 340 g/mol. The topological polar surface area (TPSA) is 57.6 Å². The quantitative estimate of drug-likeness (QED) is 0.866. The molecule has 1 aliphatic heterocycles. The van der Waals surface area contributed by atoms with E-state index >= 15 is 0 Å². The van der Waals surface area contributed by atoms with E-state index in [0.717, 1.165) is 24.6 Å². The lowest BCUT2D eigenvalue weighted by Gasteiger charge is -2.29. The molecule has 0 saturated carbocycles. The van der Waals surface area contributed by atoms with Crippen LogP contribution >= 0.6 is 0 Å². The zero-order valence-electron chi connectivity index (χ0n) is 14.6. The lowest BCUT2D eigenvalue weighted by Crippen LogP contribution is -2.37. The van der Waals surface area contributed by atoms with Gasteiger partial charge in [-0.05, 0) is 55.8 Å². The van der Waals surface area contributed by atoms with Crippen molar-refractivity contribution in [3.05, 3.63) is 29.8 Å². The van der Waals surface area contributed by atoms with Crippen molar-refractivity contribution in [2.75, 3.05) is 25.9 Å². The molecule has 1 aromatic rings. The van der Waals surface area contributed by atoms with Crippen LogP contribution in [-0.4, -0.2) is 44.3 Å². The Morgan fingerprint density at radius 1 is 1.30 bits per heavy atom. The highest BCUT2D eigenvalue weighted by Gasteiger charge is 2.31. The molecule has 1 aliphatic rings. The molecule has 130 valence electrons. The van der Waals surface area contributed by atoms with Crippen LogP contribution in [0.1, 0.15) is 39.2 Å². The third-order valence-corrected chi connectivity index (χ3v) is 5.74. The van der Waals surface area contributed by atoms with E-state index in [1.807, 2.05) is 0 Å². The minimum atomic E-state index is -3.20. The second-order valence-corrected chi connectivity index (χ2v) is 9.61. The summed E-state index contributed by atoms with van der Waals surface area (Å²) in [6.45, 7) is 8.95. The van der Waals surface area contributed by atoms with E-state index < -0.39 is 15.4 Å². The summed E-state index contributed by atoms with van der Waals surface area (Å²) < 4.78 is 23.1. The van der Waals surface area contributed by atoms with Gasteiger partial charge < -0.3 is 5.11 Å². The number of aliphatic hydroxyl groups is 1. The van der Waals surface area contributed by atoms with E-state index in [1.165, 1.54) is 19.1 Å². The Kier molecular flexibility index (Phi) is 5.54. The Labute approximate surface area is 140 Å². The van der Waals surface area contributed by atoms with Gasteiger partial charge >= 0.3 is 0 Å². The molecule has 0 spiro atoms. The van der Waals surface area contributed by atoms with E-state index in [0.29, 0.717) is 12.5 Å². The molecule has 1 fully saturated rings. The number of benzene rings is 1. The van der Waals surface area contributed by atoms with Crippen molar-refractivity contribution < 1.29 is 13.5 Å². The van der Waals surface area contributed by atoms with Crippen molar-refractivity contribution in [1.29, 1.82) is 0 Å². The predicted molar refractivity (Wildman–Crippen MR) is 93.1 cm³/mol. The molecule has 1 aromatic carbocycles. The van der Waals surface area contributed by atoms with Crippen LogP contribution in [0.3, 0.4) is 0 Å². The van der Waals surface area contributed by atoms with Gasteiger partial charge in [0.2, 0.25) is 0 Å². The van der Waals surface area contributed by atoms with Gasteiger partial charge in [0.1, 0.15) is 0 Å². The Balaban J connectivity index is 2.02. The number of hydrogen-bond donors (Lipinski definition) is 1. The van der Waals surface area contributed by atoms with Crippen LogP contribution in [0, 0.1) is 11.8 Å². The summed E-state index contributed by atoms with van der Waals surface area (Å²) in [5.41, 5.74) is -0.208. The van der Waals surface area contributed by atoms with Crippen molar-refractivity contribution >= 4 is 9.84 Å². The van der Waals surface area contributed by atoms with Crippen molar-refractivity contribution in [1.82, 2.24) is 4.90 Å². The number of sulfone groups is 1. The Morgan fingerprint density at radius 2 is 1.91 bits per heavy atom. The van der Waals surface area contributed by atoms with Gasteiger partial charge in [0.15, 0.2) is 9.84 Å². The van der Waals surface area contributed by atoms with E-state index in [-0.39, 0.29) is 4.90 Å². The molecule has 4 nitrogen and oxygen atoms in total. The van der Waals surface area contributed by atoms with Crippen molar-refractivity contribution in [2.24, 2.45) is 11.8 Å². The predicted octanol–water partition coefficient (Wildman–Crippen LogP) is 2.67. The molecule has 5 heteroatoms. The summed E-state index contributed by atoms with van der Waals surface area (Å²) >= 11 is 0. The summed E-state index contributed by atoms with van der Waals surface area (Å²) in [7, 11) is -3.20. The summed E-state index contributed by atoms with van der Waals surface area (Å²) in [6.07, 6.45) is 3.63. The zero-order chi connectivity index (χ0) is 17.3. The lowest BCUT2D eigenvalue weighted by atomic mass is 9.95. The third kappa shape index (κ3) is 5.03. The molecule has 23 heavy (non-hydrogen) atoms. The molecule has 1 heterocycles. The molecule has 2 rings (SSSR count). The smallest absolute Gasteiger partial charge is 0.175 e. The van der Waals surface area contributed by atoms with Gasteiger partial charge in [-0.3, -0.25) is 4.90 Å². The second kappa shape index (κ2) is 6.91. The van der Waals surface area contributed by atoms with Crippen LogP contribution in [-0.2, 0) is 15.4 Å². The fourth-order valence-electron chi connectivity index (χ4n) is 3.50. The van der Waals surface area contributed by atoms with Gasteiger partial charge in [0.05, 0.1) is 10.5 Å². The van der Waals surface area contributed by atoms with Gasteiger partial charge in [-0.25, -0.2) is 8.42 Å². The molecule has 1 saturated heterocycles. The van der Waals surface area contributed by atoms with Crippen molar-refractivity contribution in [2.45, 2.75) is 44.1 Å². The molecule has 2 atom stereocenters. The maximum absolute atomic E-state index is 11.5. The molecular formula is C18H29NO3S. The molecular weight excluding hydrogens is 310 g/mol. The van der Waals surface area contributed by atoms with Gasteiger partial charge in [0.25, 0.3) is 0 Å². The molecule has 0 aromatic heterocycles. The summed E-state index contributed by atoms with van der Waals surface area (Å²) in [5, 5.41) is 10.8. The van der Waals surface area contributed by atoms with Crippen LogP contribution in [0.25, 0.3) is 0 Å². The number of hydrogen-bond acceptors (Lipinski definition) is 4. The fraction of sp³-hybridized carbons (Fsp3) is 0.667. The maximum atomic E-state index is 11.5. The highest BCUT2D eigenvalue weighted by Crippen LogP contribution is 2.28. The monoisotopic (exact) mass is 339 g/mol. The zero-order valence-corrected chi connectivity index (χ0v) is 15.4. The summed E-state index contributed by atoms with van der Waals surface area (Å²) in [6, 6.07) is 6.59.